The van der Waals surface area contributed by atoms with Gasteiger partial charge < -0.3 is 9.80 Å². The van der Waals surface area contributed by atoms with Gasteiger partial charge in [0.2, 0.25) is 0 Å². The molecule has 23 heavy (non-hydrogen) atoms. The van der Waals surface area contributed by atoms with Crippen LogP contribution in [0.5, 0.6) is 0 Å². The van der Waals surface area contributed by atoms with E-state index < -0.39 is 0 Å². The Hall–Kier alpha value is -2.74. The highest BCUT2D eigenvalue weighted by atomic mass is 15.4. The Morgan fingerprint density at radius 1 is 0.652 bits per heavy atom. The summed E-state index contributed by atoms with van der Waals surface area (Å²) in [6.45, 7) is 5.17. The lowest BCUT2D eigenvalue weighted by atomic mass is 10.1. The fraction of sp³-hybridized carbons (Fsp3) is 0.143. The highest BCUT2D eigenvalue weighted by Crippen LogP contribution is 2.45. The Kier molecular flexibility index (Phi) is 3.30. The first kappa shape index (κ1) is 13.9. The smallest absolute Gasteiger partial charge is 0.100 e. The standard InChI is InChI=1S/C21H20N2/c1-16-12-13-20-21(14-16)22(18-9-4-3-5-10-18)15-23(20)19-11-7-6-8-17(19)2/h3-14H,15H2,1-2H3. The molecule has 1 aliphatic rings. The molecule has 0 saturated heterocycles. The van der Waals surface area contributed by atoms with E-state index in [1.54, 1.807) is 0 Å². The van der Waals surface area contributed by atoms with Crippen molar-refractivity contribution < 1.29 is 0 Å². The number of anilines is 4. The van der Waals surface area contributed by atoms with E-state index in [9.17, 15) is 0 Å². The topological polar surface area (TPSA) is 6.48 Å². The third-order valence-electron chi connectivity index (χ3n) is 4.47. The minimum Gasteiger partial charge on any atom is -0.321 e. The van der Waals surface area contributed by atoms with Crippen molar-refractivity contribution in [2.24, 2.45) is 0 Å². The van der Waals surface area contributed by atoms with Gasteiger partial charge in [-0.25, -0.2) is 0 Å². The molecule has 2 nitrogen and oxygen atoms in total. The zero-order valence-electron chi connectivity index (χ0n) is 13.5. The maximum Gasteiger partial charge on any atom is 0.100 e. The number of nitrogens with zero attached hydrogens (tertiary/aromatic N) is 2. The maximum absolute atomic E-state index is 2.40. The predicted octanol–water partition coefficient (Wildman–Crippen LogP) is 5.55. The number of para-hydroxylation sites is 2. The van der Waals surface area contributed by atoms with Gasteiger partial charge in [0.15, 0.2) is 0 Å². The number of benzene rings is 3. The van der Waals surface area contributed by atoms with E-state index in [-0.39, 0.29) is 0 Å². The maximum atomic E-state index is 2.40. The van der Waals surface area contributed by atoms with Crippen molar-refractivity contribution in [1.29, 1.82) is 0 Å². The van der Waals surface area contributed by atoms with Gasteiger partial charge in [0.25, 0.3) is 0 Å². The normalized spacial score (nSPS) is 13.3. The second-order valence-corrected chi connectivity index (χ2v) is 6.11. The number of hydrogen-bond acceptors (Lipinski definition) is 2. The SMILES string of the molecule is Cc1ccc2c(c1)N(c1ccccc1)CN2c1ccccc1C. The summed E-state index contributed by atoms with van der Waals surface area (Å²) in [6.07, 6.45) is 0. The van der Waals surface area contributed by atoms with Crippen LogP contribution in [0.25, 0.3) is 0 Å². The molecule has 114 valence electrons. The average molecular weight is 300 g/mol. The first-order chi connectivity index (χ1) is 11.2. The zero-order valence-corrected chi connectivity index (χ0v) is 13.5. The Labute approximate surface area is 137 Å². The molecule has 0 bridgehead atoms. The van der Waals surface area contributed by atoms with Gasteiger partial charge >= 0.3 is 0 Å². The van der Waals surface area contributed by atoms with E-state index >= 15 is 0 Å². The summed E-state index contributed by atoms with van der Waals surface area (Å²) in [6, 6.07) is 25.9. The summed E-state index contributed by atoms with van der Waals surface area (Å²) in [5, 5.41) is 0. The molecular formula is C21H20N2. The van der Waals surface area contributed by atoms with E-state index in [0.717, 1.165) is 6.67 Å². The van der Waals surface area contributed by atoms with Crippen molar-refractivity contribution in [2.45, 2.75) is 13.8 Å². The van der Waals surface area contributed by atoms with E-state index in [1.165, 1.54) is 33.9 Å². The molecule has 0 radical (unpaired) electrons. The predicted molar refractivity (Wildman–Crippen MR) is 97.9 cm³/mol. The molecule has 0 spiro atoms. The number of rotatable bonds is 2. The molecule has 0 atom stereocenters. The van der Waals surface area contributed by atoms with Gasteiger partial charge in [-0.1, -0.05) is 42.5 Å². The molecule has 1 aliphatic heterocycles. The van der Waals surface area contributed by atoms with Crippen molar-refractivity contribution in [3.63, 3.8) is 0 Å². The molecule has 0 saturated carbocycles. The molecule has 4 rings (SSSR count). The average Bonchev–Trinajstić information content (AvgIpc) is 2.94. The van der Waals surface area contributed by atoms with Crippen molar-refractivity contribution in [3.8, 4) is 0 Å². The zero-order chi connectivity index (χ0) is 15.8. The van der Waals surface area contributed by atoms with Crippen molar-refractivity contribution in [1.82, 2.24) is 0 Å². The van der Waals surface area contributed by atoms with Crippen LogP contribution in [0.15, 0.2) is 72.8 Å². The van der Waals surface area contributed by atoms with Crippen LogP contribution in [0.2, 0.25) is 0 Å². The summed E-state index contributed by atoms with van der Waals surface area (Å²) in [7, 11) is 0. The Morgan fingerprint density at radius 3 is 2.17 bits per heavy atom. The minimum atomic E-state index is 0.841. The van der Waals surface area contributed by atoms with E-state index in [1.807, 2.05) is 0 Å². The highest BCUT2D eigenvalue weighted by molar-refractivity contribution is 5.87. The van der Waals surface area contributed by atoms with Gasteiger partial charge in [0.05, 0.1) is 11.4 Å². The molecule has 1 heterocycles. The lowest BCUT2D eigenvalue weighted by molar-refractivity contribution is 0.986. The van der Waals surface area contributed by atoms with E-state index in [2.05, 4.69) is 96.4 Å². The van der Waals surface area contributed by atoms with Crippen LogP contribution in [-0.4, -0.2) is 6.67 Å². The number of aryl methyl sites for hydroxylation is 2. The summed E-state index contributed by atoms with van der Waals surface area (Å²) in [5.41, 5.74) is 7.64. The number of hydrogen-bond donors (Lipinski definition) is 0. The fourth-order valence-electron chi connectivity index (χ4n) is 3.27. The van der Waals surface area contributed by atoms with Crippen molar-refractivity contribution in [2.75, 3.05) is 16.5 Å². The van der Waals surface area contributed by atoms with Crippen LogP contribution >= 0.6 is 0 Å². The van der Waals surface area contributed by atoms with E-state index in [0.29, 0.717) is 0 Å². The second-order valence-electron chi connectivity index (χ2n) is 6.11. The molecule has 0 aliphatic carbocycles. The molecule has 2 heteroatoms. The lowest BCUT2D eigenvalue weighted by Crippen LogP contribution is -2.24. The summed E-state index contributed by atoms with van der Waals surface area (Å²) >= 11 is 0. The van der Waals surface area contributed by atoms with Gasteiger partial charge in [0, 0.05) is 11.4 Å². The van der Waals surface area contributed by atoms with Gasteiger partial charge in [-0.2, -0.15) is 0 Å². The molecule has 0 amide bonds. The van der Waals surface area contributed by atoms with Crippen LogP contribution in [-0.2, 0) is 0 Å². The first-order valence-electron chi connectivity index (χ1n) is 8.00. The minimum absolute atomic E-state index is 0.841. The number of fused-ring (bicyclic) bond motifs is 1. The monoisotopic (exact) mass is 300 g/mol. The van der Waals surface area contributed by atoms with Crippen molar-refractivity contribution >= 4 is 22.7 Å². The lowest BCUT2D eigenvalue weighted by Gasteiger charge is -2.23. The molecule has 0 unspecified atom stereocenters. The first-order valence-corrected chi connectivity index (χ1v) is 8.00. The van der Waals surface area contributed by atoms with Gasteiger partial charge in [-0.3, -0.25) is 0 Å². The quantitative estimate of drug-likeness (QED) is 0.612. The summed E-state index contributed by atoms with van der Waals surface area (Å²) in [5.74, 6) is 0. The molecule has 0 aromatic heterocycles. The van der Waals surface area contributed by atoms with Crippen molar-refractivity contribution in [3.05, 3.63) is 83.9 Å². The molecule has 0 N–H and O–H groups in total. The Balaban J connectivity index is 1.85. The van der Waals surface area contributed by atoms with Crippen LogP contribution in [0.4, 0.5) is 22.7 Å². The molecule has 3 aromatic carbocycles. The van der Waals surface area contributed by atoms with Crippen LogP contribution < -0.4 is 9.80 Å². The molecule has 3 aromatic rings. The Morgan fingerprint density at radius 2 is 1.39 bits per heavy atom. The largest absolute Gasteiger partial charge is 0.321 e. The highest BCUT2D eigenvalue weighted by Gasteiger charge is 2.28. The third-order valence-corrected chi connectivity index (χ3v) is 4.47. The summed E-state index contributed by atoms with van der Waals surface area (Å²) < 4.78 is 0. The molecular weight excluding hydrogens is 280 g/mol. The van der Waals surface area contributed by atoms with Gasteiger partial charge in [0.1, 0.15) is 6.67 Å². The summed E-state index contributed by atoms with van der Waals surface area (Å²) in [4.78, 5) is 4.78. The molecule has 0 fully saturated rings. The van der Waals surface area contributed by atoms with Gasteiger partial charge in [-0.15, -0.1) is 0 Å². The fourth-order valence-corrected chi connectivity index (χ4v) is 3.27. The van der Waals surface area contributed by atoms with Crippen LogP contribution in [0.1, 0.15) is 11.1 Å². The second kappa shape index (κ2) is 5.47. The Bertz CT molecular complexity index is 839. The van der Waals surface area contributed by atoms with E-state index in [4.69, 9.17) is 0 Å². The van der Waals surface area contributed by atoms with Crippen LogP contribution in [0, 0.1) is 13.8 Å². The third kappa shape index (κ3) is 2.36. The van der Waals surface area contributed by atoms with Gasteiger partial charge in [-0.05, 0) is 55.3 Å². The van der Waals surface area contributed by atoms with Crippen LogP contribution in [0.3, 0.4) is 0 Å².